The fraction of sp³-hybridized carbons (Fsp3) is 0.867. The van der Waals surface area contributed by atoms with Crippen LogP contribution in [0.5, 0.6) is 0 Å². The zero-order valence-corrected chi connectivity index (χ0v) is 13.5. The molecule has 21 heavy (non-hydrogen) atoms. The van der Waals surface area contributed by atoms with Gasteiger partial charge in [0.05, 0.1) is 23.5 Å². The molecule has 0 aliphatic carbocycles. The summed E-state index contributed by atoms with van der Waals surface area (Å²) in [5, 5.41) is 11.9. The van der Waals surface area contributed by atoms with E-state index in [0.29, 0.717) is 6.61 Å². The summed E-state index contributed by atoms with van der Waals surface area (Å²) in [5.41, 5.74) is 0.894. The maximum atomic E-state index is 6.23. The minimum atomic E-state index is -0.226. The van der Waals surface area contributed by atoms with E-state index in [9.17, 15) is 0 Å². The maximum absolute atomic E-state index is 6.23. The molecule has 1 aliphatic heterocycles. The molecule has 1 unspecified atom stereocenters. The van der Waals surface area contributed by atoms with E-state index in [4.69, 9.17) is 9.47 Å². The molecule has 0 aromatic carbocycles. The maximum Gasteiger partial charge on any atom is 0.0935 e. The summed E-state index contributed by atoms with van der Waals surface area (Å²) in [6.45, 7) is 10.3. The molecule has 0 spiro atoms. The number of ether oxygens (including phenoxy) is 2. The van der Waals surface area contributed by atoms with E-state index in [1.165, 1.54) is 0 Å². The lowest BCUT2D eigenvalue weighted by Crippen LogP contribution is -2.50. The Morgan fingerprint density at radius 3 is 2.76 bits per heavy atom. The summed E-state index contributed by atoms with van der Waals surface area (Å²) in [5.74, 6) is 0. The third kappa shape index (κ3) is 3.62. The van der Waals surface area contributed by atoms with Crippen LogP contribution < -0.4 is 5.32 Å². The van der Waals surface area contributed by atoms with E-state index in [2.05, 4.69) is 36.4 Å². The quantitative estimate of drug-likeness (QED) is 0.794. The van der Waals surface area contributed by atoms with E-state index in [1.54, 1.807) is 0 Å². The Balaban J connectivity index is 2.32. The highest BCUT2D eigenvalue weighted by Gasteiger charge is 2.43. The smallest absolute Gasteiger partial charge is 0.0935 e. The molecule has 1 atom stereocenters. The highest BCUT2D eigenvalue weighted by molar-refractivity contribution is 5.11. The van der Waals surface area contributed by atoms with Crippen molar-refractivity contribution in [3.63, 3.8) is 0 Å². The van der Waals surface area contributed by atoms with Crippen molar-refractivity contribution in [2.75, 3.05) is 26.4 Å². The molecular formula is C15H28N4O2. The van der Waals surface area contributed by atoms with Crippen LogP contribution >= 0.6 is 0 Å². The average Bonchev–Trinajstić information content (AvgIpc) is 2.94. The van der Waals surface area contributed by atoms with Crippen LogP contribution in [0.4, 0.5) is 0 Å². The number of rotatable bonds is 8. The van der Waals surface area contributed by atoms with Crippen LogP contribution in [0.3, 0.4) is 0 Å². The normalized spacial score (nSPS) is 19.6. The van der Waals surface area contributed by atoms with Crippen molar-refractivity contribution in [3.8, 4) is 0 Å². The Bertz CT molecular complexity index is 410. The molecule has 6 nitrogen and oxygen atoms in total. The average molecular weight is 296 g/mol. The molecule has 1 aliphatic rings. The molecule has 1 aromatic rings. The molecule has 2 rings (SSSR count). The molecule has 0 amide bonds. The fourth-order valence-electron chi connectivity index (χ4n) is 3.16. The van der Waals surface area contributed by atoms with E-state index in [1.807, 2.05) is 10.9 Å². The van der Waals surface area contributed by atoms with Crippen molar-refractivity contribution in [3.05, 3.63) is 11.9 Å². The topological polar surface area (TPSA) is 61.2 Å². The minimum absolute atomic E-state index is 0.105. The van der Waals surface area contributed by atoms with E-state index in [-0.39, 0.29) is 11.6 Å². The molecule has 1 N–H and O–H groups in total. The summed E-state index contributed by atoms with van der Waals surface area (Å²) < 4.78 is 13.8. The summed E-state index contributed by atoms with van der Waals surface area (Å²) in [6, 6.07) is 0.105. The van der Waals surface area contributed by atoms with Crippen LogP contribution in [-0.4, -0.2) is 47.0 Å². The van der Waals surface area contributed by atoms with Gasteiger partial charge in [-0.2, -0.15) is 0 Å². The van der Waals surface area contributed by atoms with Crippen LogP contribution in [-0.2, 0) is 16.0 Å². The second-order valence-electron chi connectivity index (χ2n) is 5.48. The van der Waals surface area contributed by atoms with Crippen molar-refractivity contribution >= 4 is 0 Å². The van der Waals surface area contributed by atoms with E-state index < -0.39 is 0 Å². The zero-order chi connectivity index (χ0) is 15.1. The third-order valence-corrected chi connectivity index (χ3v) is 4.08. The molecule has 2 heterocycles. The SMILES string of the molecule is CCCn1nncc1C(NCC)C1(OCC)CCOCC1. The highest BCUT2D eigenvalue weighted by atomic mass is 16.5. The number of nitrogens with zero attached hydrogens (tertiary/aromatic N) is 3. The van der Waals surface area contributed by atoms with E-state index in [0.717, 1.165) is 51.3 Å². The number of aromatic nitrogens is 3. The van der Waals surface area contributed by atoms with Gasteiger partial charge in [-0.05, 0) is 19.9 Å². The molecule has 6 heteroatoms. The van der Waals surface area contributed by atoms with Crippen molar-refractivity contribution in [1.29, 1.82) is 0 Å². The lowest BCUT2D eigenvalue weighted by molar-refractivity contribution is -0.129. The molecule has 0 saturated carbocycles. The Kier molecular flexibility index (Phi) is 6.14. The summed E-state index contributed by atoms with van der Waals surface area (Å²) >= 11 is 0. The first-order valence-electron chi connectivity index (χ1n) is 8.10. The Morgan fingerprint density at radius 1 is 1.38 bits per heavy atom. The number of hydrogen-bond donors (Lipinski definition) is 1. The lowest BCUT2D eigenvalue weighted by Gasteiger charge is -2.43. The largest absolute Gasteiger partial charge is 0.381 e. The van der Waals surface area contributed by atoms with Crippen molar-refractivity contribution in [1.82, 2.24) is 20.3 Å². The van der Waals surface area contributed by atoms with Crippen LogP contribution in [0.2, 0.25) is 0 Å². The fourth-order valence-corrected chi connectivity index (χ4v) is 3.16. The van der Waals surface area contributed by atoms with E-state index >= 15 is 0 Å². The molecule has 120 valence electrons. The van der Waals surface area contributed by atoms with Gasteiger partial charge >= 0.3 is 0 Å². The van der Waals surface area contributed by atoms with Crippen LogP contribution in [0.1, 0.15) is 51.8 Å². The Hall–Kier alpha value is -0.980. The first kappa shape index (κ1) is 16.4. The van der Waals surface area contributed by atoms with Gasteiger partial charge in [0, 0.05) is 39.2 Å². The van der Waals surface area contributed by atoms with Crippen LogP contribution in [0.15, 0.2) is 6.20 Å². The summed E-state index contributed by atoms with van der Waals surface area (Å²) in [6.07, 6.45) is 4.71. The molecule has 1 saturated heterocycles. The number of likely N-dealkylation sites (N-methyl/N-ethyl adjacent to an activating group) is 1. The second-order valence-corrected chi connectivity index (χ2v) is 5.48. The van der Waals surface area contributed by atoms with Crippen molar-refractivity contribution in [2.45, 2.75) is 58.2 Å². The number of aryl methyl sites for hydroxylation is 1. The Labute approximate surface area is 127 Å². The molecular weight excluding hydrogens is 268 g/mol. The van der Waals surface area contributed by atoms with Gasteiger partial charge in [0.1, 0.15) is 0 Å². The zero-order valence-electron chi connectivity index (χ0n) is 13.5. The monoisotopic (exact) mass is 296 g/mol. The van der Waals surface area contributed by atoms with Crippen LogP contribution in [0.25, 0.3) is 0 Å². The summed E-state index contributed by atoms with van der Waals surface area (Å²) in [4.78, 5) is 0. The van der Waals surface area contributed by atoms with Gasteiger partial charge in [0.25, 0.3) is 0 Å². The predicted molar refractivity (Wildman–Crippen MR) is 81.1 cm³/mol. The van der Waals surface area contributed by atoms with Gasteiger partial charge < -0.3 is 14.8 Å². The first-order valence-corrected chi connectivity index (χ1v) is 8.10. The van der Waals surface area contributed by atoms with Gasteiger partial charge in [0.2, 0.25) is 0 Å². The predicted octanol–water partition coefficient (Wildman–Crippen LogP) is 1.92. The van der Waals surface area contributed by atoms with Crippen molar-refractivity contribution in [2.24, 2.45) is 0 Å². The Morgan fingerprint density at radius 2 is 2.14 bits per heavy atom. The number of hydrogen-bond acceptors (Lipinski definition) is 5. The number of nitrogens with one attached hydrogen (secondary N) is 1. The lowest BCUT2D eigenvalue weighted by atomic mass is 9.84. The van der Waals surface area contributed by atoms with Gasteiger partial charge in [0.15, 0.2) is 0 Å². The standard InChI is InChI=1S/C15H28N4O2/c1-4-9-19-13(12-17-18-19)14(16-5-2)15(21-6-3)7-10-20-11-8-15/h12,14,16H,4-11H2,1-3H3. The molecule has 1 fully saturated rings. The van der Waals surface area contributed by atoms with Gasteiger partial charge in [-0.3, -0.25) is 0 Å². The van der Waals surface area contributed by atoms with Gasteiger partial charge in [-0.15, -0.1) is 5.10 Å². The summed E-state index contributed by atoms with van der Waals surface area (Å²) in [7, 11) is 0. The van der Waals surface area contributed by atoms with Gasteiger partial charge in [-0.1, -0.05) is 19.1 Å². The minimum Gasteiger partial charge on any atom is -0.381 e. The first-order chi connectivity index (χ1) is 10.3. The van der Waals surface area contributed by atoms with Gasteiger partial charge in [-0.25, -0.2) is 4.68 Å². The molecule has 0 bridgehead atoms. The second kappa shape index (κ2) is 7.87. The van der Waals surface area contributed by atoms with Crippen LogP contribution in [0, 0.1) is 0 Å². The molecule has 1 aromatic heterocycles. The highest BCUT2D eigenvalue weighted by Crippen LogP contribution is 2.37. The third-order valence-electron chi connectivity index (χ3n) is 4.08. The molecule has 0 radical (unpaired) electrons. The van der Waals surface area contributed by atoms with Crippen molar-refractivity contribution < 1.29 is 9.47 Å².